The van der Waals surface area contributed by atoms with Gasteiger partial charge in [-0.3, -0.25) is 33.6 Å². The summed E-state index contributed by atoms with van der Waals surface area (Å²) < 4.78 is 27.7. The second-order valence-electron chi connectivity index (χ2n) is 11.8. The molecule has 0 radical (unpaired) electrons. The Hall–Kier alpha value is -3.87. The minimum atomic E-state index is -2.30. The van der Waals surface area contributed by atoms with Gasteiger partial charge in [-0.1, -0.05) is 25.7 Å². The Balaban J connectivity index is 3.13. The number of allylic oxidation sites excluding steroid dienone is 2. The van der Waals surface area contributed by atoms with E-state index in [1.807, 2.05) is 0 Å². The highest BCUT2D eigenvalue weighted by molar-refractivity contribution is 5.95. The molecule has 2 aliphatic carbocycles. The van der Waals surface area contributed by atoms with Crippen LogP contribution in [0, 0.1) is 17.3 Å². The lowest BCUT2D eigenvalue weighted by molar-refractivity contribution is -0.188. The molecule has 13 heteroatoms. The maximum atomic E-state index is 14.3. The molecule has 0 aromatic rings. The Kier molecular flexibility index (Phi) is 10.5. The normalized spacial score (nSPS) is 34.9. The third-order valence-electron chi connectivity index (χ3n) is 7.45. The second-order valence-corrected chi connectivity index (χ2v) is 11.8. The summed E-state index contributed by atoms with van der Waals surface area (Å²) in [6.07, 6.45) is -4.94. The number of ketones is 2. The molecule has 8 atom stereocenters. The highest BCUT2D eigenvalue weighted by Gasteiger charge is 2.70. The summed E-state index contributed by atoms with van der Waals surface area (Å²) in [7, 11) is 0. The second kappa shape index (κ2) is 12.8. The van der Waals surface area contributed by atoms with Crippen LogP contribution in [0.3, 0.4) is 0 Å². The molecule has 0 bridgehead atoms. The number of rotatable bonds is 5. The van der Waals surface area contributed by atoms with Gasteiger partial charge in [-0.25, -0.2) is 0 Å². The van der Waals surface area contributed by atoms with Crippen molar-refractivity contribution < 1.29 is 62.4 Å². The van der Waals surface area contributed by atoms with Crippen molar-refractivity contribution >= 4 is 41.4 Å². The lowest BCUT2D eigenvalue weighted by Crippen LogP contribution is -2.58. The third-order valence-corrected chi connectivity index (χ3v) is 7.45. The zero-order valence-electron chi connectivity index (χ0n) is 25.9. The van der Waals surface area contributed by atoms with Gasteiger partial charge in [0.25, 0.3) is 0 Å². The summed E-state index contributed by atoms with van der Waals surface area (Å²) in [5.74, 6) is -8.94. The number of carbonyl (C=O) groups excluding carboxylic acids is 7. The monoisotopic (exact) mass is 608 g/mol. The quantitative estimate of drug-likeness (QED) is 0.270. The van der Waals surface area contributed by atoms with Crippen LogP contribution in [0.5, 0.6) is 0 Å². The van der Waals surface area contributed by atoms with Gasteiger partial charge in [0.2, 0.25) is 6.10 Å². The molecule has 43 heavy (non-hydrogen) atoms. The van der Waals surface area contributed by atoms with E-state index >= 15 is 0 Å². The minimum absolute atomic E-state index is 0.373. The molecule has 0 aliphatic heterocycles. The van der Waals surface area contributed by atoms with E-state index in [4.69, 9.17) is 23.7 Å². The smallest absolute Gasteiger partial charge is 0.303 e. The first-order chi connectivity index (χ1) is 19.6. The van der Waals surface area contributed by atoms with Gasteiger partial charge in [0.05, 0.1) is 5.92 Å². The molecular formula is C30H40O13. The molecule has 0 aromatic heterocycles. The van der Waals surface area contributed by atoms with E-state index in [-0.39, 0.29) is 5.57 Å². The number of carbonyl (C=O) groups is 7. The molecule has 2 aliphatic rings. The van der Waals surface area contributed by atoms with Crippen molar-refractivity contribution in [3.05, 3.63) is 24.3 Å². The van der Waals surface area contributed by atoms with Crippen LogP contribution in [0.1, 0.15) is 68.7 Å². The molecular weight excluding hydrogens is 568 g/mol. The van der Waals surface area contributed by atoms with Gasteiger partial charge in [-0.05, 0) is 20.8 Å². The highest BCUT2D eigenvalue weighted by Crippen LogP contribution is 2.52. The lowest BCUT2D eigenvalue weighted by atomic mass is 9.72. The number of hydrogen-bond acceptors (Lipinski definition) is 13. The molecule has 1 N–H and O–H groups in total. The van der Waals surface area contributed by atoms with Gasteiger partial charge in [0.15, 0.2) is 23.3 Å². The number of esters is 5. The molecule has 0 heterocycles. The highest BCUT2D eigenvalue weighted by atomic mass is 16.6. The van der Waals surface area contributed by atoms with Gasteiger partial charge in [-0.2, -0.15) is 0 Å². The van der Waals surface area contributed by atoms with Crippen molar-refractivity contribution in [1.82, 2.24) is 0 Å². The third kappa shape index (κ3) is 7.56. The van der Waals surface area contributed by atoms with E-state index in [0.717, 1.165) is 34.6 Å². The van der Waals surface area contributed by atoms with Crippen LogP contribution < -0.4 is 0 Å². The average molecular weight is 609 g/mol. The summed E-state index contributed by atoms with van der Waals surface area (Å²) >= 11 is 0. The van der Waals surface area contributed by atoms with E-state index in [1.165, 1.54) is 39.8 Å². The lowest BCUT2D eigenvalue weighted by Gasteiger charge is -2.42. The Morgan fingerprint density at radius 2 is 1.23 bits per heavy atom. The Labute approximate surface area is 249 Å². The van der Waals surface area contributed by atoms with Gasteiger partial charge < -0.3 is 28.8 Å². The molecule has 1 saturated carbocycles. The predicted octanol–water partition coefficient (Wildman–Crippen LogP) is 1.71. The zero-order chi connectivity index (χ0) is 33.2. The van der Waals surface area contributed by atoms with Crippen molar-refractivity contribution in [3.63, 3.8) is 0 Å². The van der Waals surface area contributed by atoms with Crippen LogP contribution in [0.25, 0.3) is 0 Å². The van der Waals surface area contributed by atoms with Gasteiger partial charge in [0.1, 0.15) is 17.8 Å². The van der Waals surface area contributed by atoms with Crippen LogP contribution in [0.15, 0.2) is 24.3 Å². The molecule has 13 nitrogen and oxygen atoms in total. The van der Waals surface area contributed by atoms with Crippen molar-refractivity contribution in [2.75, 3.05) is 0 Å². The SMILES string of the molecule is C=C1C(OC(C)=O)C(OC(C)=O)C(=O)C(C)(C)/C=C/[C@@H](C)C(=O)C2(OC(C)=O)C[C@@](C)(O)[C@H](OC(C)=O)[C@@H]2[C@@H]1OC(C)=O. The van der Waals surface area contributed by atoms with Gasteiger partial charge in [0, 0.05) is 57.9 Å². The standard InChI is InChI=1S/C30H40O13/c1-14-11-12-28(8,9)26(37)24(41-18(5)33)23(40-17(4)32)15(2)22(39-16(3)31)21-27(42-19(6)34)29(10,38)13-30(21,25(14)36)43-20(7)35/h11-12,14,21-24,27,38H,2,13H2,1,3-10H3/b12-11+/t14-,21+,22-,23?,24?,27-,29-,30?/m1/s1. The van der Waals surface area contributed by atoms with Crippen molar-refractivity contribution in [1.29, 1.82) is 0 Å². The topological polar surface area (TPSA) is 186 Å². The van der Waals surface area contributed by atoms with E-state index in [1.54, 1.807) is 0 Å². The average Bonchev–Trinajstić information content (AvgIpc) is 3.06. The van der Waals surface area contributed by atoms with E-state index in [2.05, 4.69) is 6.58 Å². The van der Waals surface area contributed by atoms with E-state index in [0.29, 0.717) is 0 Å². The van der Waals surface area contributed by atoms with Crippen molar-refractivity contribution in [2.45, 2.75) is 104 Å². The van der Waals surface area contributed by atoms with Crippen LogP contribution >= 0.6 is 0 Å². The van der Waals surface area contributed by atoms with Crippen molar-refractivity contribution in [3.8, 4) is 0 Å². The summed E-state index contributed by atoms with van der Waals surface area (Å²) in [4.78, 5) is 90.2. The number of fused-ring (bicyclic) bond motifs is 1. The molecule has 0 amide bonds. The van der Waals surface area contributed by atoms with E-state index < -0.39 is 101 Å². The molecule has 238 valence electrons. The Morgan fingerprint density at radius 3 is 1.70 bits per heavy atom. The fourth-order valence-corrected chi connectivity index (χ4v) is 5.80. The van der Waals surface area contributed by atoms with Crippen molar-refractivity contribution in [2.24, 2.45) is 17.3 Å². The van der Waals surface area contributed by atoms with Gasteiger partial charge >= 0.3 is 29.8 Å². The first-order valence-electron chi connectivity index (χ1n) is 13.6. The first-order valence-corrected chi connectivity index (χ1v) is 13.6. The number of aliphatic hydroxyl groups is 1. The molecule has 3 unspecified atom stereocenters. The summed E-state index contributed by atoms with van der Waals surface area (Å²) in [5.41, 5.74) is -6.15. The molecule has 2 rings (SSSR count). The van der Waals surface area contributed by atoms with Crippen LogP contribution in [-0.4, -0.2) is 82.1 Å². The fraction of sp³-hybridized carbons (Fsp3) is 0.633. The van der Waals surface area contributed by atoms with E-state index in [9.17, 15) is 38.7 Å². The minimum Gasteiger partial charge on any atom is -0.459 e. The number of Topliss-reactive ketones (excluding diaryl/α,β-unsaturated/α-hetero) is 2. The van der Waals surface area contributed by atoms with Crippen LogP contribution in [0.4, 0.5) is 0 Å². The zero-order valence-corrected chi connectivity index (χ0v) is 25.9. The molecule has 0 spiro atoms. The number of ether oxygens (including phenoxy) is 5. The maximum absolute atomic E-state index is 14.3. The largest absolute Gasteiger partial charge is 0.459 e. The molecule has 0 aromatic carbocycles. The first kappa shape index (κ1) is 35.3. The summed E-state index contributed by atoms with van der Waals surface area (Å²) in [6, 6.07) is 0. The Morgan fingerprint density at radius 1 is 0.767 bits per heavy atom. The van der Waals surface area contributed by atoms with Gasteiger partial charge in [-0.15, -0.1) is 0 Å². The molecule has 0 saturated heterocycles. The fourth-order valence-electron chi connectivity index (χ4n) is 5.80. The number of hydrogen-bond donors (Lipinski definition) is 1. The summed E-state index contributed by atoms with van der Waals surface area (Å²) in [6.45, 7) is 14.7. The maximum Gasteiger partial charge on any atom is 0.303 e. The molecule has 1 fully saturated rings. The van der Waals surface area contributed by atoms with Crippen LogP contribution in [-0.2, 0) is 57.2 Å². The Bertz CT molecular complexity index is 1240. The van der Waals surface area contributed by atoms with Crippen LogP contribution in [0.2, 0.25) is 0 Å². The predicted molar refractivity (Wildman–Crippen MR) is 147 cm³/mol. The summed E-state index contributed by atoms with van der Waals surface area (Å²) in [5, 5.41) is 11.6.